The highest BCUT2D eigenvalue weighted by molar-refractivity contribution is 5.95. The van der Waals surface area contributed by atoms with Gasteiger partial charge in [-0.25, -0.2) is 14.5 Å². The third-order valence-electron chi connectivity index (χ3n) is 6.35. The first-order chi connectivity index (χ1) is 15.6. The third-order valence-corrected chi connectivity index (χ3v) is 6.35. The Labute approximate surface area is 186 Å². The fraction of sp³-hybridized carbons (Fsp3) is 0.320. The molecular formula is C25H24N2O5. The van der Waals surface area contributed by atoms with E-state index < -0.39 is 24.1 Å². The zero-order valence-corrected chi connectivity index (χ0v) is 17.5. The highest BCUT2D eigenvalue weighted by atomic mass is 16.6. The van der Waals surface area contributed by atoms with E-state index in [1.807, 2.05) is 48.6 Å². The lowest BCUT2D eigenvalue weighted by atomic mass is 9.77. The summed E-state index contributed by atoms with van der Waals surface area (Å²) in [5.74, 6) is -0.295. The van der Waals surface area contributed by atoms with Crippen molar-refractivity contribution in [3.05, 3.63) is 78.4 Å². The summed E-state index contributed by atoms with van der Waals surface area (Å²) >= 11 is 0. The lowest BCUT2D eigenvalue weighted by Gasteiger charge is -2.45. The zero-order valence-electron chi connectivity index (χ0n) is 17.5. The van der Waals surface area contributed by atoms with Crippen LogP contribution in [0.15, 0.2) is 72.8 Å². The van der Waals surface area contributed by atoms with E-state index in [9.17, 15) is 14.4 Å². The molecule has 7 nitrogen and oxygen atoms in total. The number of fused-ring (bicyclic) bond motifs is 2. The van der Waals surface area contributed by atoms with Crippen molar-refractivity contribution in [3.63, 3.8) is 0 Å². The Morgan fingerprint density at radius 1 is 1.00 bits per heavy atom. The van der Waals surface area contributed by atoms with Gasteiger partial charge in [-0.3, -0.25) is 4.79 Å². The number of para-hydroxylation sites is 1. The smallest absolute Gasteiger partial charge is 0.416 e. The van der Waals surface area contributed by atoms with Crippen molar-refractivity contribution in [1.82, 2.24) is 9.80 Å². The minimum absolute atomic E-state index is 0.0449. The molecule has 6 rings (SSSR count). The number of hydrogen-bond donors (Lipinski definition) is 0. The molecule has 164 valence electrons. The number of rotatable bonds is 4. The number of hydrogen-bond acceptors (Lipinski definition) is 5. The van der Waals surface area contributed by atoms with Crippen LogP contribution in [0.5, 0.6) is 5.75 Å². The van der Waals surface area contributed by atoms with E-state index in [2.05, 4.69) is 0 Å². The Kier molecular flexibility index (Phi) is 5.39. The monoisotopic (exact) mass is 432 g/mol. The fourth-order valence-corrected chi connectivity index (χ4v) is 4.82. The minimum atomic E-state index is -0.611. The highest BCUT2D eigenvalue weighted by Crippen LogP contribution is 2.37. The number of ether oxygens (including phenoxy) is 2. The van der Waals surface area contributed by atoms with Crippen LogP contribution in [0.4, 0.5) is 9.59 Å². The molecule has 2 aromatic rings. The summed E-state index contributed by atoms with van der Waals surface area (Å²) in [5.41, 5.74) is 1.03. The van der Waals surface area contributed by atoms with Gasteiger partial charge in [-0.1, -0.05) is 60.7 Å². The number of carbonyl (C=O) groups is 3. The summed E-state index contributed by atoms with van der Waals surface area (Å²) in [6, 6.07) is 17.8. The number of piperidine rings is 1. The third kappa shape index (κ3) is 3.86. The van der Waals surface area contributed by atoms with Crippen molar-refractivity contribution in [2.75, 3.05) is 13.2 Å². The van der Waals surface area contributed by atoms with E-state index in [-0.39, 0.29) is 24.5 Å². The van der Waals surface area contributed by atoms with Gasteiger partial charge in [0.2, 0.25) is 5.91 Å². The Morgan fingerprint density at radius 3 is 2.44 bits per heavy atom. The van der Waals surface area contributed by atoms with E-state index in [0.29, 0.717) is 25.1 Å². The second-order valence-electron chi connectivity index (χ2n) is 8.44. The molecule has 3 aliphatic heterocycles. The van der Waals surface area contributed by atoms with Gasteiger partial charge >= 0.3 is 12.2 Å². The number of nitrogens with zero attached hydrogens (tertiary/aromatic N) is 2. The first-order valence-electron chi connectivity index (χ1n) is 10.9. The van der Waals surface area contributed by atoms with Crippen LogP contribution in [-0.2, 0) is 16.0 Å². The first kappa shape index (κ1) is 20.3. The average molecular weight is 432 g/mol. The van der Waals surface area contributed by atoms with Crippen molar-refractivity contribution >= 4 is 18.1 Å². The van der Waals surface area contributed by atoms with Gasteiger partial charge in [-0.05, 0) is 36.5 Å². The number of imide groups is 1. The minimum Gasteiger partial charge on any atom is -0.447 e. The molecule has 0 unspecified atom stereocenters. The molecule has 1 aliphatic carbocycles. The molecule has 0 radical (unpaired) electrons. The van der Waals surface area contributed by atoms with Gasteiger partial charge in [0.1, 0.15) is 12.4 Å². The maximum atomic E-state index is 13.5. The molecule has 3 heterocycles. The molecule has 4 aliphatic rings. The van der Waals surface area contributed by atoms with Crippen LogP contribution in [0.25, 0.3) is 0 Å². The second kappa shape index (κ2) is 8.49. The van der Waals surface area contributed by atoms with E-state index in [1.54, 1.807) is 29.2 Å². The molecule has 7 heteroatoms. The van der Waals surface area contributed by atoms with E-state index >= 15 is 0 Å². The summed E-state index contributed by atoms with van der Waals surface area (Å²) in [7, 11) is 0. The van der Waals surface area contributed by atoms with Crippen molar-refractivity contribution in [1.29, 1.82) is 0 Å². The molecule has 0 saturated carbocycles. The number of amides is 3. The van der Waals surface area contributed by atoms with E-state index in [0.717, 1.165) is 5.56 Å². The van der Waals surface area contributed by atoms with Gasteiger partial charge < -0.3 is 14.4 Å². The molecule has 2 saturated heterocycles. The van der Waals surface area contributed by atoms with Crippen LogP contribution in [0.1, 0.15) is 12.0 Å². The zero-order chi connectivity index (χ0) is 22.1. The standard InChI is InChI=1S/C25H24N2O5/c28-23(27-19(16-31-25(27)30)13-17-7-3-1-4-8-17)21-14-18-11-12-22(21)26(15-18)24(29)32-20-9-5-2-6-10-20/h1-12,18-19,21-22H,13-16H2/t18-,19-,21+,22+/m1/s1. The van der Waals surface area contributed by atoms with Gasteiger partial charge in [-0.15, -0.1) is 0 Å². The lowest BCUT2D eigenvalue weighted by molar-refractivity contribution is -0.137. The average Bonchev–Trinajstić information content (AvgIpc) is 3.19. The largest absolute Gasteiger partial charge is 0.447 e. The van der Waals surface area contributed by atoms with Crippen LogP contribution in [-0.4, -0.2) is 53.1 Å². The van der Waals surface area contributed by atoms with Crippen LogP contribution in [0.2, 0.25) is 0 Å². The molecule has 0 N–H and O–H groups in total. The Hall–Kier alpha value is -3.61. The summed E-state index contributed by atoms with van der Waals surface area (Å²) in [5, 5.41) is 0. The molecule has 2 aromatic carbocycles. The highest BCUT2D eigenvalue weighted by Gasteiger charge is 2.49. The summed E-state index contributed by atoms with van der Waals surface area (Å²) in [6.07, 6.45) is 3.97. The molecule has 0 spiro atoms. The summed E-state index contributed by atoms with van der Waals surface area (Å²) in [4.78, 5) is 41.7. The first-order valence-corrected chi connectivity index (χ1v) is 10.9. The van der Waals surface area contributed by atoms with Gasteiger partial charge in [-0.2, -0.15) is 0 Å². The Bertz CT molecular complexity index is 1040. The fourth-order valence-electron chi connectivity index (χ4n) is 4.82. The SMILES string of the molecule is O=C(Oc1ccccc1)N1C[C@@H]2C=C[C@H]1[C@@H](C(=O)N1C(=O)OC[C@H]1Cc1ccccc1)C2. The van der Waals surface area contributed by atoms with Gasteiger partial charge in [0, 0.05) is 6.54 Å². The second-order valence-corrected chi connectivity index (χ2v) is 8.44. The quantitative estimate of drug-likeness (QED) is 0.690. The van der Waals surface area contributed by atoms with Gasteiger partial charge in [0.05, 0.1) is 18.0 Å². The number of carbonyl (C=O) groups excluding carboxylic acids is 3. The molecular weight excluding hydrogens is 408 g/mol. The topological polar surface area (TPSA) is 76.2 Å². The van der Waals surface area contributed by atoms with Crippen LogP contribution >= 0.6 is 0 Å². The summed E-state index contributed by atoms with van der Waals surface area (Å²) in [6.45, 7) is 0.671. The van der Waals surface area contributed by atoms with Crippen LogP contribution in [0.3, 0.4) is 0 Å². The Balaban J connectivity index is 1.33. The van der Waals surface area contributed by atoms with Crippen molar-refractivity contribution in [3.8, 4) is 5.75 Å². The molecule has 3 amide bonds. The molecule has 4 atom stereocenters. The van der Waals surface area contributed by atoms with Crippen LogP contribution < -0.4 is 4.74 Å². The lowest BCUT2D eigenvalue weighted by Crippen LogP contribution is -2.58. The maximum Gasteiger partial charge on any atom is 0.416 e. The Morgan fingerprint density at radius 2 is 1.72 bits per heavy atom. The van der Waals surface area contributed by atoms with Gasteiger partial charge in [0.25, 0.3) is 0 Å². The maximum absolute atomic E-state index is 13.5. The predicted octanol–water partition coefficient (Wildman–Crippen LogP) is 3.65. The molecule has 0 aromatic heterocycles. The summed E-state index contributed by atoms with van der Waals surface area (Å²) < 4.78 is 10.8. The van der Waals surface area contributed by atoms with Crippen LogP contribution in [0, 0.1) is 11.8 Å². The van der Waals surface area contributed by atoms with Gasteiger partial charge in [0.15, 0.2) is 0 Å². The van der Waals surface area contributed by atoms with Crippen molar-refractivity contribution in [2.24, 2.45) is 11.8 Å². The molecule has 2 fully saturated rings. The normalized spacial score (nSPS) is 26.2. The predicted molar refractivity (Wildman–Crippen MR) is 116 cm³/mol. The number of benzene rings is 2. The molecule has 32 heavy (non-hydrogen) atoms. The van der Waals surface area contributed by atoms with Crippen molar-refractivity contribution < 1.29 is 23.9 Å². The van der Waals surface area contributed by atoms with E-state index in [1.165, 1.54) is 4.90 Å². The molecule has 2 bridgehead atoms. The van der Waals surface area contributed by atoms with Crippen molar-refractivity contribution in [2.45, 2.75) is 24.9 Å². The number of cyclic esters (lactones) is 1. The van der Waals surface area contributed by atoms with E-state index in [4.69, 9.17) is 9.47 Å².